The average Bonchev–Trinajstić information content (AvgIpc) is 2.08. The summed E-state index contributed by atoms with van der Waals surface area (Å²) >= 11 is 9.17. The summed E-state index contributed by atoms with van der Waals surface area (Å²) in [6.45, 7) is 0.297. The van der Waals surface area contributed by atoms with Gasteiger partial charge in [-0.05, 0) is 28.1 Å². The van der Waals surface area contributed by atoms with Crippen LogP contribution in [0.5, 0.6) is 0 Å². The Morgan fingerprint density at radius 1 is 1.38 bits per heavy atom. The van der Waals surface area contributed by atoms with Gasteiger partial charge >= 0.3 is 0 Å². The lowest BCUT2D eigenvalue weighted by Crippen LogP contribution is -2.27. The van der Waals surface area contributed by atoms with Crippen LogP contribution < -0.4 is 10.6 Å². The molecule has 1 aliphatic rings. The van der Waals surface area contributed by atoms with Crippen LogP contribution >= 0.6 is 27.5 Å². The van der Waals surface area contributed by atoms with Gasteiger partial charge in [-0.2, -0.15) is 0 Å². The largest absolute Gasteiger partial charge is 0.374 e. The molecule has 0 bridgehead atoms. The fourth-order valence-electron chi connectivity index (χ4n) is 1.17. The fourth-order valence-corrected chi connectivity index (χ4v) is 1.67. The Labute approximate surface area is 88.6 Å². The summed E-state index contributed by atoms with van der Waals surface area (Å²) < 4.78 is 0.775. The van der Waals surface area contributed by atoms with E-state index in [-0.39, 0.29) is 5.91 Å². The Balaban J connectivity index is 2.49. The standard InChI is InChI=1S/C8H6BrClN2O/c9-4-1-7-6(2-5(4)10)11-3-8(13)12-7/h1-2,11H,3H2,(H,12,13). The van der Waals surface area contributed by atoms with Crippen LogP contribution in [0.4, 0.5) is 11.4 Å². The third-order valence-electron chi connectivity index (χ3n) is 1.77. The molecule has 5 heteroatoms. The summed E-state index contributed by atoms with van der Waals surface area (Å²) in [5.41, 5.74) is 1.61. The van der Waals surface area contributed by atoms with Crippen LogP contribution in [0.25, 0.3) is 0 Å². The van der Waals surface area contributed by atoms with E-state index in [1.807, 2.05) is 0 Å². The van der Waals surface area contributed by atoms with E-state index in [1.165, 1.54) is 0 Å². The third kappa shape index (κ3) is 1.64. The lowest BCUT2D eigenvalue weighted by Gasteiger charge is -2.19. The highest BCUT2D eigenvalue weighted by Gasteiger charge is 2.15. The van der Waals surface area contributed by atoms with Crippen LogP contribution in [0.1, 0.15) is 0 Å². The maximum Gasteiger partial charge on any atom is 0.243 e. The highest BCUT2D eigenvalue weighted by molar-refractivity contribution is 9.10. The molecule has 0 aromatic heterocycles. The number of hydrogen-bond acceptors (Lipinski definition) is 2. The van der Waals surface area contributed by atoms with Crippen molar-refractivity contribution in [2.24, 2.45) is 0 Å². The van der Waals surface area contributed by atoms with Crippen LogP contribution in [0, 0.1) is 0 Å². The van der Waals surface area contributed by atoms with Gasteiger partial charge in [0.2, 0.25) is 5.91 Å². The molecule has 0 saturated heterocycles. The van der Waals surface area contributed by atoms with E-state index >= 15 is 0 Å². The van der Waals surface area contributed by atoms with Crippen molar-refractivity contribution in [2.45, 2.75) is 0 Å². The van der Waals surface area contributed by atoms with Gasteiger partial charge in [0, 0.05) is 4.47 Å². The van der Waals surface area contributed by atoms with Crippen molar-refractivity contribution in [3.05, 3.63) is 21.6 Å². The van der Waals surface area contributed by atoms with Gasteiger partial charge in [-0.1, -0.05) is 11.6 Å². The van der Waals surface area contributed by atoms with Crippen molar-refractivity contribution in [3.63, 3.8) is 0 Å². The summed E-state index contributed by atoms with van der Waals surface area (Å²) in [5.74, 6) is -0.0401. The summed E-state index contributed by atoms with van der Waals surface area (Å²) in [6.07, 6.45) is 0. The van der Waals surface area contributed by atoms with Crippen molar-refractivity contribution >= 4 is 44.8 Å². The first-order valence-electron chi connectivity index (χ1n) is 3.69. The zero-order valence-corrected chi connectivity index (χ0v) is 8.87. The number of hydrogen-bond donors (Lipinski definition) is 2. The highest BCUT2D eigenvalue weighted by Crippen LogP contribution is 2.33. The summed E-state index contributed by atoms with van der Waals surface area (Å²) in [7, 11) is 0. The van der Waals surface area contributed by atoms with Crippen molar-refractivity contribution < 1.29 is 4.79 Å². The Hall–Kier alpha value is -0.740. The molecule has 13 heavy (non-hydrogen) atoms. The molecule has 1 aromatic rings. The Morgan fingerprint density at radius 2 is 2.15 bits per heavy atom. The van der Waals surface area contributed by atoms with Gasteiger partial charge in [-0.3, -0.25) is 4.79 Å². The molecule has 3 nitrogen and oxygen atoms in total. The number of benzene rings is 1. The van der Waals surface area contributed by atoms with Gasteiger partial charge in [-0.25, -0.2) is 0 Å². The Kier molecular flexibility index (Phi) is 2.17. The second-order valence-corrected chi connectivity index (χ2v) is 3.98. The molecule has 0 aliphatic carbocycles. The van der Waals surface area contributed by atoms with E-state index in [0.29, 0.717) is 11.6 Å². The molecule has 0 radical (unpaired) electrons. The van der Waals surface area contributed by atoms with E-state index in [0.717, 1.165) is 15.8 Å². The Bertz CT molecular complexity index is 381. The second-order valence-electron chi connectivity index (χ2n) is 2.71. The average molecular weight is 262 g/mol. The van der Waals surface area contributed by atoms with Crippen molar-refractivity contribution in [1.29, 1.82) is 0 Å². The smallest absolute Gasteiger partial charge is 0.243 e. The highest BCUT2D eigenvalue weighted by atomic mass is 79.9. The number of amides is 1. The molecule has 2 rings (SSSR count). The minimum atomic E-state index is -0.0401. The predicted octanol–water partition coefficient (Wildman–Crippen LogP) is 2.47. The van der Waals surface area contributed by atoms with Crippen LogP contribution in [-0.2, 0) is 4.79 Å². The van der Waals surface area contributed by atoms with E-state index in [1.54, 1.807) is 12.1 Å². The number of anilines is 2. The molecule has 0 saturated carbocycles. The Morgan fingerprint density at radius 3 is 2.92 bits per heavy atom. The molecule has 0 atom stereocenters. The summed E-state index contributed by atoms with van der Waals surface area (Å²) in [5, 5.41) is 6.33. The third-order valence-corrected chi connectivity index (χ3v) is 2.97. The molecule has 0 spiro atoms. The zero-order chi connectivity index (χ0) is 9.42. The molecule has 1 aromatic carbocycles. The lowest BCUT2D eigenvalue weighted by atomic mass is 10.2. The number of carbonyl (C=O) groups is 1. The van der Waals surface area contributed by atoms with Crippen molar-refractivity contribution in [1.82, 2.24) is 0 Å². The maximum atomic E-state index is 11.0. The van der Waals surface area contributed by atoms with Gasteiger partial charge in [0.25, 0.3) is 0 Å². The minimum absolute atomic E-state index is 0.0401. The van der Waals surface area contributed by atoms with Gasteiger partial charge in [-0.15, -0.1) is 0 Å². The van der Waals surface area contributed by atoms with Gasteiger partial charge in [0.15, 0.2) is 0 Å². The van der Waals surface area contributed by atoms with E-state index in [4.69, 9.17) is 11.6 Å². The van der Waals surface area contributed by atoms with E-state index in [9.17, 15) is 4.79 Å². The van der Waals surface area contributed by atoms with Crippen LogP contribution in [0.15, 0.2) is 16.6 Å². The van der Waals surface area contributed by atoms with Gasteiger partial charge in [0.05, 0.1) is 22.9 Å². The van der Waals surface area contributed by atoms with Crippen LogP contribution in [0.3, 0.4) is 0 Å². The van der Waals surface area contributed by atoms with E-state index in [2.05, 4.69) is 26.6 Å². The molecule has 0 unspecified atom stereocenters. The maximum absolute atomic E-state index is 11.0. The quantitative estimate of drug-likeness (QED) is 0.753. The fraction of sp³-hybridized carbons (Fsp3) is 0.125. The summed E-state index contributed by atoms with van der Waals surface area (Å²) in [4.78, 5) is 11.0. The lowest BCUT2D eigenvalue weighted by molar-refractivity contribution is -0.114. The first-order valence-corrected chi connectivity index (χ1v) is 4.86. The minimum Gasteiger partial charge on any atom is -0.374 e. The zero-order valence-electron chi connectivity index (χ0n) is 6.53. The van der Waals surface area contributed by atoms with Crippen LogP contribution in [0.2, 0.25) is 5.02 Å². The molecular weight excluding hydrogens is 255 g/mol. The predicted molar refractivity (Wildman–Crippen MR) is 56.3 cm³/mol. The monoisotopic (exact) mass is 260 g/mol. The van der Waals surface area contributed by atoms with Crippen LogP contribution in [-0.4, -0.2) is 12.5 Å². The molecule has 68 valence electrons. The van der Waals surface area contributed by atoms with Crippen molar-refractivity contribution in [3.8, 4) is 0 Å². The molecule has 1 aliphatic heterocycles. The number of fused-ring (bicyclic) bond motifs is 1. The molecule has 0 fully saturated rings. The molecular formula is C8H6BrClN2O. The first-order chi connectivity index (χ1) is 6.16. The van der Waals surface area contributed by atoms with E-state index < -0.39 is 0 Å². The number of halogens is 2. The second kappa shape index (κ2) is 3.20. The SMILES string of the molecule is O=C1CNc2cc(Cl)c(Br)cc2N1. The number of nitrogens with one attached hydrogen (secondary N) is 2. The number of rotatable bonds is 0. The molecule has 2 N–H and O–H groups in total. The molecule has 1 amide bonds. The molecule has 1 heterocycles. The normalized spacial score (nSPS) is 14.5. The first kappa shape index (κ1) is 8.84. The topological polar surface area (TPSA) is 41.1 Å². The van der Waals surface area contributed by atoms with Crippen molar-refractivity contribution in [2.75, 3.05) is 17.2 Å². The number of carbonyl (C=O) groups excluding carboxylic acids is 1. The van der Waals surface area contributed by atoms with Gasteiger partial charge < -0.3 is 10.6 Å². The van der Waals surface area contributed by atoms with Gasteiger partial charge in [0.1, 0.15) is 0 Å². The summed E-state index contributed by atoms with van der Waals surface area (Å²) in [6, 6.07) is 3.56.